The van der Waals surface area contributed by atoms with Crippen molar-refractivity contribution in [2.24, 2.45) is 0 Å². The van der Waals surface area contributed by atoms with Crippen molar-refractivity contribution in [2.75, 3.05) is 0 Å². The van der Waals surface area contributed by atoms with Gasteiger partial charge in [-0.3, -0.25) is 0 Å². The Morgan fingerprint density at radius 2 is 2.07 bits per heavy atom. The van der Waals surface area contributed by atoms with Crippen LogP contribution in [-0.4, -0.2) is 6.36 Å². The lowest BCUT2D eigenvalue weighted by atomic mass is 10.0. The topological polar surface area (TPSA) is 9.23 Å². The first-order valence-corrected chi connectivity index (χ1v) is 4.40. The minimum absolute atomic E-state index is 0.00165. The molecule has 0 bridgehead atoms. The van der Waals surface area contributed by atoms with E-state index < -0.39 is 6.36 Å². The summed E-state index contributed by atoms with van der Waals surface area (Å²) in [5.41, 5.74) is 0.742. The normalized spacial score (nSPS) is 13.3. The van der Waals surface area contributed by atoms with Crippen molar-refractivity contribution >= 4 is 0 Å². The summed E-state index contributed by atoms with van der Waals surface area (Å²) in [7, 11) is 0. The molecule has 1 aromatic rings. The van der Waals surface area contributed by atoms with Crippen LogP contribution in [0.25, 0.3) is 0 Å². The molecule has 0 spiro atoms. The van der Waals surface area contributed by atoms with Crippen LogP contribution in [0.2, 0.25) is 0 Å². The third-order valence-corrected chi connectivity index (χ3v) is 1.97. The Morgan fingerprint density at radius 1 is 1.40 bits per heavy atom. The van der Waals surface area contributed by atoms with Gasteiger partial charge in [0, 0.05) is 0 Å². The van der Waals surface area contributed by atoms with Gasteiger partial charge in [0.25, 0.3) is 0 Å². The number of benzene rings is 1. The monoisotopic (exact) mass is 216 g/mol. The zero-order valence-electron chi connectivity index (χ0n) is 8.21. The van der Waals surface area contributed by atoms with Crippen LogP contribution in [0.15, 0.2) is 36.9 Å². The third-order valence-electron chi connectivity index (χ3n) is 1.97. The fourth-order valence-corrected chi connectivity index (χ4v) is 1.13. The molecule has 1 atom stereocenters. The van der Waals surface area contributed by atoms with Gasteiger partial charge in [-0.25, -0.2) is 0 Å². The van der Waals surface area contributed by atoms with E-state index in [1.165, 1.54) is 18.2 Å². The molecule has 0 saturated carbocycles. The van der Waals surface area contributed by atoms with Gasteiger partial charge in [-0.05, 0) is 23.6 Å². The Hall–Kier alpha value is -1.45. The molecule has 0 radical (unpaired) electrons. The molecule has 0 aliphatic rings. The van der Waals surface area contributed by atoms with Crippen molar-refractivity contribution in [3.63, 3.8) is 0 Å². The van der Waals surface area contributed by atoms with Gasteiger partial charge in [0.15, 0.2) is 0 Å². The maximum absolute atomic E-state index is 11.9. The third kappa shape index (κ3) is 3.65. The molecule has 82 valence electrons. The quantitative estimate of drug-likeness (QED) is 0.697. The van der Waals surface area contributed by atoms with Gasteiger partial charge in [-0.15, -0.1) is 19.8 Å². The highest BCUT2D eigenvalue weighted by molar-refractivity contribution is 5.32. The molecule has 1 unspecified atom stereocenters. The van der Waals surface area contributed by atoms with Gasteiger partial charge < -0.3 is 4.74 Å². The summed E-state index contributed by atoms with van der Waals surface area (Å²) < 4.78 is 39.5. The Labute approximate surface area is 86.2 Å². The van der Waals surface area contributed by atoms with Crippen LogP contribution in [0.1, 0.15) is 18.4 Å². The summed E-state index contributed by atoms with van der Waals surface area (Å²) in [5.74, 6) is -0.199. The van der Waals surface area contributed by atoms with E-state index in [1.807, 2.05) is 6.92 Å². The van der Waals surface area contributed by atoms with Crippen molar-refractivity contribution in [2.45, 2.75) is 19.2 Å². The van der Waals surface area contributed by atoms with Crippen molar-refractivity contribution in [3.8, 4) is 5.75 Å². The zero-order chi connectivity index (χ0) is 11.5. The second-order valence-electron chi connectivity index (χ2n) is 3.14. The number of allylic oxidation sites excluding steroid dienone is 1. The first-order valence-electron chi connectivity index (χ1n) is 4.40. The van der Waals surface area contributed by atoms with Crippen LogP contribution in [0.5, 0.6) is 5.75 Å². The number of ether oxygens (including phenoxy) is 1. The highest BCUT2D eigenvalue weighted by Gasteiger charge is 2.31. The standard InChI is InChI=1S/C11H11F3O/c1-3-8(2)9-5-4-6-10(7-9)15-11(12,13)14/h3-8H,1H2,2H3. The van der Waals surface area contributed by atoms with Gasteiger partial charge in [0.2, 0.25) is 0 Å². The molecule has 0 fully saturated rings. The fraction of sp³-hybridized carbons (Fsp3) is 0.273. The van der Waals surface area contributed by atoms with Crippen molar-refractivity contribution < 1.29 is 17.9 Å². The second kappa shape index (κ2) is 4.38. The van der Waals surface area contributed by atoms with E-state index in [9.17, 15) is 13.2 Å². The maximum atomic E-state index is 11.9. The molecule has 1 rings (SSSR count). The van der Waals surface area contributed by atoms with Crippen LogP contribution >= 0.6 is 0 Å². The van der Waals surface area contributed by atoms with Crippen LogP contribution in [0, 0.1) is 0 Å². The molecular formula is C11H11F3O. The summed E-state index contributed by atoms with van der Waals surface area (Å²) in [6.07, 6.45) is -2.98. The van der Waals surface area contributed by atoms with Gasteiger partial charge >= 0.3 is 6.36 Å². The summed E-state index contributed by atoms with van der Waals surface area (Å²) in [5, 5.41) is 0. The molecule has 1 aromatic carbocycles. The highest BCUT2D eigenvalue weighted by Crippen LogP contribution is 2.26. The summed E-state index contributed by atoms with van der Waals surface area (Å²) in [6.45, 7) is 5.43. The largest absolute Gasteiger partial charge is 0.573 e. The average molecular weight is 216 g/mol. The smallest absolute Gasteiger partial charge is 0.406 e. The van der Waals surface area contributed by atoms with E-state index in [1.54, 1.807) is 12.1 Å². The van der Waals surface area contributed by atoms with Crippen LogP contribution in [0.3, 0.4) is 0 Å². The molecule has 1 nitrogen and oxygen atoms in total. The number of halogens is 3. The Morgan fingerprint density at radius 3 is 2.60 bits per heavy atom. The minimum atomic E-state index is -4.64. The van der Waals surface area contributed by atoms with Crippen LogP contribution < -0.4 is 4.74 Å². The molecule has 0 amide bonds. The van der Waals surface area contributed by atoms with Gasteiger partial charge in [0.05, 0.1) is 0 Å². The number of hydrogen-bond donors (Lipinski definition) is 0. The first kappa shape index (κ1) is 11.6. The SMILES string of the molecule is C=CC(C)c1cccc(OC(F)(F)F)c1. The number of hydrogen-bond acceptors (Lipinski definition) is 1. The molecule has 15 heavy (non-hydrogen) atoms. The molecule has 0 heterocycles. The maximum Gasteiger partial charge on any atom is 0.573 e. The van der Waals surface area contributed by atoms with Gasteiger partial charge in [0.1, 0.15) is 5.75 Å². The van der Waals surface area contributed by atoms with Crippen LogP contribution in [-0.2, 0) is 0 Å². The lowest BCUT2D eigenvalue weighted by Gasteiger charge is -2.11. The lowest BCUT2D eigenvalue weighted by molar-refractivity contribution is -0.274. The van der Waals surface area contributed by atoms with Crippen molar-refractivity contribution in [3.05, 3.63) is 42.5 Å². The predicted octanol–water partition coefficient (Wildman–Crippen LogP) is 3.87. The highest BCUT2D eigenvalue weighted by atomic mass is 19.4. The van der Waals surface area contributed by atoms with E-state index in [4.69, 9.17) is 0 Å². The zero-order valence-corrected chi connectivity index (χ0v) is 8.21. The van der Waals surface area contributed by atoms with Crippen molar-refractivity contribution in [1.29, 1.82) is 0 Å². The molecule has 0 N–H and O–H groups in total. The average Bonchev–Trinajstić information content (AvgIpc) is 2.14. The predicted molar refractivity (Wildman–Crippen MR) is 51.7 cm³/mol. The Bertz CT molecular complexity index is 344. The van der Waals surface area contributed by atoms with E-state index in [-0.39, 0.29) is 11.7 Å². The van der Waals surface area contributed by atoms with E-state index in [2.05, 4.69) is 11.3 Å². The molecule has 0 aliphatic heterocycles. The molecule has 0 aromatic heterocycles. The molecule has 0 aliphatic carbocycles. The molecular weight excluding hydrogens is 205 g/mol. The fourth-order valence-electron chi connectivity index (χ4n) is 1.13. The Kier molecular flexibility index (Phi) is 3.39. The molecule has 0 saturated heterocycles. The van der Waals surface area contributed by atoms with Gasteiger partial charge in [-0.2, -0.15) is 0 Å². The van der Waals surface area contributed by atoms with Crippen LogP contribution in [0.4, 0.5) is 13.2 Å². The van der Waals surface area contributed by atoms with Gasteiger partial charge in [-0.1, -0.05) is 25.1 Å². The van der Waals surface area contributed by atoms with E-state index >= 15 is 0 Å². The van der Waals surface area contributed by atoms with Crippen molar-refractivity contribution in [1.82, 2.24) is 0 Å². The number of alkyl halides is 3. The summed E-state index contributed by atoms with van der Waals surface area (Å²) in [4.78, 5) is 0. The second-order valence-corrected chi connectivity index (χ2v) is 3.14. The lowest BCUT2D eigenvalue weighted by Crippen LogP contribution is -2.17. The molecule has 4 heteroatoms. The van der Waals surface area contributed by atoms with E-state index in [0.29, 0.717) is 0 Å². The summed E-state index contributed by atoms with van der Waals surface area (Å²) in [6, 6.07) is 5.89. The minimum Gasteiger partial charge on any atom is -0.406 e. The van der Waals surface area contributed by atoms with E-state index in [0.717, 1.165) is 5.56 Å². The Balaban J connectivity index is 2.88. The first-order chi connectivity index (χ1) is 6.92. The number of rotatable bonds is 3. The summed E-state index contributed by atoms with van der Waals surface area (Å²) >= 11 is 0.